The molecule has 0 N–H and O–H groups in total. The van der Waals surface area contributed by atoms with Crippen molar-refractivity contribution in [1.82, 2.24) is 0 Å². The Hall–Kier alpha value is 3.09. The SMILES string of the molecule is [Ag+].[Ag+].[Ag+].[Cl-].[Cl-].[Cl-]. The normalized spacial score (nSPS) is 0. The first kappa shape index (κ1) is 62.3. The minimum atomic E-state index is 0. The Labute approximate surface area is 103 Å². The molecule has 0 rings (SSSR count). The third-order valence-corrected chi connectivity index (χ3v) is 0. The summed E-state index contributed by atoms with van der Waals surface area (Å²) in [4.78, 5) is 0. The summed E-state index contributed by atoms with van der Waals surface area (Å²) in [7, 11) is 0. The first-order chi connectivity index (χ1) is 0. The van der Waals surface area contributed by atoms with Crippen LogP contribution in [0.1, 0.15) is 0 Å². The quantitative estimate of drug-likeness (QED) is 0.336. The summed E-state index contributed by atoms with van der Waals surface area (Å²) in [6.45, 7) is 0. The second kappa shape index (κ2) is 42.6. The molecule has 0 amide bonds. The summed E-state index contributed by atoms with van der Waals surface area (Å²) in [5.74, 6) is 0. The van der Waals surface area contributed by atoms with Gasteiger partial charge in [0.15, 0.2) is 0 Å². The van der Waals surface area contributed by atoms with Crippen molar-refractivity contribution in [2.24, 2.45) is 0 Å². The molecule has 0 saturated heterocycles. The van der Waals surface area contributed by atoms with Crippen LogP contribution in [0.25, 0.3) is 0 Å². The molecule has 54 valence electrons. The summed E-state index contributed by atoms with van der Waals surface area (Å²) < 4.78 is 0. The molecule has 0 bridgehead atoms. The molecular weight excluding hydrogens is 430 g/mol. The Balaban J connectivity index is 0. The number of halogens is 3. The van der Waals surface area contributed by atoms with E-state index in [0.717, 1.165) is 0 Å². The molecule has 0 nitrogen and oxygen atoms in total. The monoisotopic (exact) mass is 426 g/mol. The molecule has 0 aliphatic carbocycles. The molecular formula is Ag3Cl3. The van der Waals surface area contributed by atoms with Crippen molar-refractivity contribution in [2.75, 3.05) is 0 Å². The smallest absolute Gasteiger partial charge is 1.00 e. The van der Waals surface area contributed by atoms with Gasteiger partial charge >= 0.3 is 67.1 Å². The summed E-state index contributed by atoms with van der Waals surface area (Å²) in [6.07, 6.45) is 0. The molecule has 0 radical (unpaired) electrons. The summed E-state index contributed by atoms with van der Waals surface area (Å²) in [5.41, 5.74) is 0. The van der Waals surface area contributed by atoms with Crippen molar-refractivity contribution in [1.29, 1.82) is 0 Å². The van der Waals surface area contributed by atoms with E-state index >= 15 is 0 Å². The van der Waals surface area contributed by atoms with Gasteiger partial charge < -0.3 is 37.2 Å². The van der Waals surface area contributed by atoms with Gasteiger partial charge in [0.2, 0.25) is 0 Å². The molecule has 0 saturated carbocycles. The van der Waals surface area contributed by atoms with Gasteiger partial charge in [0, 0.05) is 0 Å². The van der Waals surface area contributed by atoms with Gasteiger partial charge in [-0.15, -0.1) is 0 Å². The largest absolute Gasteiger partial charge is 1.00 e. The molecule has 0 unspecified atom stereocenters. The van der Waals surface area contributed by atoms with Crippen LogP contribution in [0.2, 0.25) is 0 Å². The Morgan fingerprint density at radius 2 is 0.333 bits per heavy atom. The van der Waals surface area contributed by atoms with Crippen LogP contribution in [-0.2, 0) is 67.1 Å². The molecule has 0 aromatic heterocycles. The molecule has 6 heavy (non-hydrogen) atoms. The van der Waals surface area contributed by atoms with E-state index in [1.807, 2.05) is 0 Å². The van der Waals surface area contributed by atoms with Gasteiger partial charge in [0.1, 0.15) is 0 Å². The maximum atomic E-state index is 0. The minimum absolute atomic E-state index is 0. The molecule has 0 aliphatic heterocycles. The topological polar surface area (TPSA) is 0 Å². The van der Waals surface area contributed by atoms with E-state index in [1.165, 1.54) is 0 Å². The van der Waals surface area contributed by atoms with E-state index in [2.05, 4.69) is 0 Å². The van der Waals surface area contributed by atoms with Gasteiger partial charge in [-0.2, -0.15) is 0 Å². The van der Waals surface area contributed by atoms with Crippen LogP contribution in [0.15, 0.2) is 0 Å². The zero-order chi connectivity index (χ0) is 0. The van der Waals surface area contributed by atoms with Crippen molar-refractivity contribution in [2.45, 2.75) is 0 Å². The van der Waals surface area contributed by atoms with Crippen LogP contribution >= 0.6 is 0 Å². The molecule has 0 heterocycles. The first-order valence-electron chi connectivity index (χ1n) is 0. The van der Waals surface area contributed by atoms with Crippen LogP contribution in [0.5, 0.6) is 0 Å². The van der Waals surface area contributed by atoms with E-state index < -0.39 is 0 Å². The van der Waals surface area contributed by atoms with E-state index in [-0.39, 0.29) is 104 Å². The molecule has 6 heteroatoms. The van der Waals surface area contributed by atoms with Gasteiger partial charge in [-0.25, -0.2) is 0 Å². The van der Waals surface area contributed by atoms with Crippen molar-refractivity contribution < 1.29 is 104 Å². The van der Waals surface area contributed by atoms with Crippen molar-refractivity contribution >= 4 is 0 Å². The zero-order valence-corrected chi connectivity index (χ0v) is 8.75. The maximum Gasteiger partial charge on any atom is 1.00 e. The van der Waals surface area contributed by atoms with Crippen molar-refractivity contribution in [3.8, 4) is 0 Å². The Kier molecular flexibility index (Phi) is 442. The van der Waals surface area contributed by atoms with Crippen LogP contribution in [-0.4, -0.2) is 0 Å². The fraction of sp³-hybridized carbons (Fsp3) is 0. The van der Waals surface area contributed by atoms with Gasteiger partial charge in [0.05, 0.1) is 0 Å². The molecule has 0 fully saturated rings. The average molecular weight is 430 g/mol. The molecule has 0 spiro atoms. The molecule has 0 aliphatic rings. The summed E-state index contributed by atoms with van der Waals surface area (Å²) in [6, 6.07) is 0. The van der Waals surface area contributed by atoms with Gasteiger partial charge in [-0.1, -0.05) is 0 Å². The van der Waals surface area contributed by atoms with Crippen LogP contribution < -0.4 is 37.2 Å². The number of hydrogen-bond acceptors (Lipinski definition) is 0. The molecule has 0 aromatic carbocycles. The Morgan fingerprint density at radius 3 is 0.333 bits per heavy atom. The van der Waals surface area contributed by atoms with Crippen LogP contribution in [0.3, 0.4) is 0 Å². The fourth-order valence-electron chi connectivity index (χ4n) is 0. The maximum absolute atomic E-state index is 0. The minimum Gasteiger partial charge on any atom is -1.00 e. The average Bonchev–Trinajstić information content (AvgIpc) is 0. The van der Waals surface area contributed by atoms with E-state index in [4.69, 9.17) is 0 Å². The third-order valence-electron chi connectivity index (χ3n) is 0. The van der Waals surface area contributed by atoms with Crippen molar-refractivity contribution in [3.63, 3.8) is 0 Å². The number of hydrogen-bond donors (Lipinski definition) is 0. The summed E-state index contributed by atoms with van der Waals surface area (Å²) >= 11 is 0. The van der Waals surface area contributed by atoms with Crippen LogP contribution in [0.4, 0.5) is 0 Å². The van der Waals surface area contributed by atoms with Crippen molar-refractivity contribution in [3.05, 3.63) is 0 Å². The zero-order valence-electron chi connectivity index (χ0n) is 2.04. The van der Waals surface area contributed by atoms with Gasteiger partial charge in [-0.05, 0) is 0 Å². The van der Waals surface area contributed by atoms with Crippen LogP contribution in [0, 0.1) is 0 Å². The molecule has 0 atom stereocenters. The number of rotatable bonds is 0. The van der Waals surface area contributed by atoms with E-state index in [9.17, 15) is 0 Å². The van der Waals surface area contributed by atoms with E-state index in [0.29, 0.717) is 0 Å². The van der Waals surface area contributed by atoms with Gasteiger partial charge in [0.25, 0.3) is 0 Å². The molecule has 0 aromatic rings. The Morgan fingerprint density at radius 1 is 0.333 bits per heavy atom. The summed E-state index contributed by atoms with van der Waals surface area (Å²) in [5, 5.41) is 0. The predicted molar refractivity (Wildman–Crippen MR) is 0 cm³/mol. The first-order valence-corrected chi connectivity index (χ1v) is 0. The van der Waals surface area contributed by atoms with E-state index in [1.54, 1.807) is 0 Å². The second-order valence-corrected chi connectivity index (χ2v) is 0. The Bertz CT molecular complexity index is 6.00. The second-order valence-electron chi connectivity index (χ2n) is 0. The standard InChI is InChI=1S/3Ag.3ClH/h;;;3*1H/q3*+1;;;/p-3. The third kappa shape index (κ3) is 27.5. The fourth-order valence-corrected chi connectivity index (χ4v) is 0. The predicted octanol–water partition coefficient (Wildman–Crippen LogP) is -9.00. The van der Waals surface area contributed by atoms with Gasteiger partial charge in [-0.3, -0.25) is 0 Å².